The number of piperazine rings is 1. The molecule has 3 N–H and O–H groups in total. The molecule has 132 valence electrons. The molecule has 1 aromatic carbocycles. The molecule has 0 unspecified atom stereocenters. The lowest BCUT2D eigenvalue weighted by atomic mass is 9.82. The summed E-state index contributed by atoms with van der Waals surface area (Å²) in [5, 5.41) is 18.9. The first kappa shape index (κ1) is 16.6. The Morgan fingerprint density at radius 2 is 1.73 bits per heavy atom. The standard InChI is InChI=1S/C17H18BN5O3/c24-16-13-3-1-2-4-14(13)20-17(21-16)23-9-7-22(8-10-23)15-6-5-12(11-19-15)18(25)26/h1-6,11,25-26H,7-10H2,(H,20,21,24). The van der Waals surface area contributed by atoms with E-state index in [0.717, 1.165) is 18.9 Å². The number of aromatic amines is 1. The van der Waals surface area contributed by atoms with Crippen molar-refractivity contribution < 1.29 is 10.0 Å². The number of aromatic nitrogens is 3. The van der Waals surface area contributed by atoms with Crippen molar-refractivity contribution in [2.24, 2.45) is 0 Å². The highest BCUT2D eigenvalue weighted by Crippen LogP contribution is 2.16. The molecule has 0 atom stereocenters. The lowest BCUT2D eigenvalue weighted by Gasteiger charge is -2.35. The lowest BCUT2D eigenvalue weighted by Crippen LogP contribution is -2.48. The number of hydrogen-bond donors (Lipinski definition) is 3. The molecule has 0 aliphatic carbocycles. The quantitative estimate of drug-likeness (QED) is 0.537. The maximum atomic E-state index is 12.2. The van der Waals surface area contributed by atoms with Crippen LogP contribution in [0.1, 0.15) is 0 Å². The van der Waals surface area contributed by atoms with Crippen LogP contribution in [0.4, 0.5) is 11.8 Å². The van der Waals surface area contributed by atoms with Crippen molar-refractivity contribution in [1.82, 2.24) is 15.0 Å². The van der Waals surface area contributed by atoms with Crippen molar-refractivity contribution >= 4 is 35.3 Å². The average Bonchev–Trinajstić information content (AvgIpc) is 2.68. The number of rotatable bonds is 3. The van der Waals surface area contributed by atoms with Gasteiger partial charge in [0.05, 0.1) is 10.9 Å². The maximum absolute atomic E-state index is 12.2. The van der Waals surface area contributed by atoms with E-state index in [2.05, 4.69) is 24.8 Å². The first-order valence-corrected chi connectivity index (χ1v) is 8.43. The fraction of sp³-hybridized carbons (Fsp3) is 0.235. The van der Waals surface area contributed by atoms with E-state index in [-0.39, 0.29) is 5.56 Å². The summed E-state index contributed by atoms with van der Waals surface area (Å²) in [6.45, 7) is 2.86. The van der Waals surface area contributed by atoms with Gasteiger partial charge in [0.25, 0.3) is 5.56 Å². The average molecular weight is 351 g/mol. The van der Waals surface area contributed by atoms with Gasteiger partial charge in [-0.1, -0.05) is 18.2 Å². The van der Waals surface area contributed by atoms with E-state index in [1.165, 1.54) is 6.20 Å². The van der Waals surface area contributed by atoms with Crippen molar-refractivity contribution in [1.29, 1.82) is 0 Å². The number of anilines is 2. The van der Waals surface area contributed by atoms with Gasteiger partial charge in [-0.2, -0.15) is 0 Å². The van der Waals surface area contributed by atoms with Crippen LogP contribution in [-0.4, -0.2) is 58.3 Å². The van der Waals surface area contributed by atoms with Crippen LogP contribution in [-0.2, 0) is 0 Å². The second-order valence-electron chi connectivity index (χ2n) is 6.20. The summed E-state index contributed by atoms with van der Waals surface area (Å²) in [4.78, 5) is 28.1. The van der Waals surface area contributed by atoms with Crippen LogP contribution in [0.2, 0.25) is 0 Å². The molecule has 9 heteroatoms. The number of para-hydroxylation sites is 1. The van der Waals surface area contributed by atoms with Gasteiger partial charge in [-0.15, -0.1) is 0 Å². The molecular weight excluding hydrogens is 333 g/mol. The fourth-order valence-electron chi connectivity index (χ4n) is 3.11. The number of H-pyrrole nitrogens is 1. The van der Waals surface area contributed by atoms with E-state index in [1.54, 1.807) is 18.2 Å². The zero-order valence-electron chi connectivity index (χ0n) is 14.0. The van der Waals surface area contributed by atoms with E-state index in [0.29, 0.717) is 35.4 Å². The van der Waals surface area contributed by atoms with Crippen molar-refractivity contribution in [3.63, 3.8) is 0 Å². The van der Waals surface area contributed by atoms with Gasteiger partial charge in [-0.25, -0.2) is 9.97 Å². The Hall–Kier alpha value is -2.91. The number of benzene rings is 1. The minimum Gasteiger partial charge on any atom is -0.423 e. The topological polar surface area (TPSA) is 106 Å². The Morgan fingerprint density at radius 3 is 2.42 bits per heavy atom. The summed E-state index contributed by atoms with van der Waals surface area (Å²) in [7, 11) is -1.51. The Morgan fingerprint density at radius 1 is 1.00 bits per heavy atom. The van der Waals surface area contributed by atoms with Gasteiger partial charge in [0.1, 0.15) is 5.82 Å². The highest BCUT2D eigenvalue weighted by atomic mass is 16.4. The Kier molecular flexibility index (Phi) is 4.31. The van der Waals surface area contributed by atoms with Gasteiger partial charge < -0.3 is 19.8 Å². The van der Waals surface area contributed by atoms with Gasteiger partial charge in [-0.3, -0.25) is 9.78 Å². The zero-order chi connectivity index (χ0) is 18.1. The van der Waals surface area contributed by atoms with Crippen LogP contribution in [0.15, 0.2) is 47.4 Å². The third-order valence-corrected chi connectivity index (χ3v) is 4.57. The van der Waals surface area contributed by atoms with Gasteiger partial charge >= 0.3 is 7.12 Å². The van der Waals surface area contributed by atoms with Crippen LogP contribution in [0.3, 0.4) is 0 Å². The monoisotopic (exact) mass is 351 g/mol. The Bertz CT molecular complexity index is 968. The molecular formula is C17H18BN5O3. The molecule has 1 fully saturated rings. The molecule has 8 nitrogen and oxygen atoms in total. The molecule has 1 aliphatic heterocycles. The molecule has 0 bridgehead atoms. The third kappa shape index (κ3) is 3.14. The van der Waals surface area contributed by atoms with E-state index >= 15 is 0 Å². The lowest BCUT2D eigenvalue weighted by molar-refractivity contribution is 0.425. The van der Waals surface area contributed by atoms with Crippen molar-refractivity contribution in [3.8, 4) is 0 Å². The Labute approximate surface area is 149 Å². The highest BCUT2D eigenvalue weighted by molar-refractivity contribution is 6.58. The van der Waals surface area contributed by atoms with Crippen molar-refractivity contribution in [2.45, 2.75) is 0 Å². The predicted octanol–water partition coefficient (Wildman–Crippen LogP) is -0.675. The number of nitrogens with one attached hydrogen (secondary N) is 1. The fourth-order valence-corrected chi connectivity index (χ4v) is 3.11. The first-order chi connectivity index (χ1) is 12.6. The van der Waals surface area contributed by atoms with Crippen LogP contribution < -0.4 is 20.8 Å². The molecule has 0 spiro atoms. The molecule has 4 rings (SSSR count). The van der Waals surface area contributed by atoms with E-state index in [9.17, 15) is 4.79 Å². The number of hydrogen-bond acceptors (Lipinski definition) is 7. The molecule has 1 aliphatic rings. The first-order valence-electron chi connectivity index (χ1n) is 8.43. The van der Waals surface area contributed by atoms with E-state index in [4.69, 9.17) is 10.0 Å². The second kappa shape index (κ2) is 6.78. The van der Waals surface area contributed by atoms with Gasteiger partial charge in [0.15, 0.2) is 0 Å². The Balaban J connectivity index is 1.49. The number of nitrogens with zero attached hydrogens (tertiary/aromatic N) is 4. The molecule has 3 aromatic rings. The maximum Gasteiger partial charge on any atom is 0.490 e. The largest absolute Gasteiger partial charge is 0.490 e. The normalized spacial score (nSPS) is 14.7. The number of pyridine rings is 1. The highest BCUT2D eigenvalue weighted by Gasteiger charge is 2.21. The molecule has 26 heavy (non-hydrogen) atoms. The van der Waals surface area contributed by atoms with Crippen LogP contribution in [0, 0.1) is 0 Å². The molecule has 2 aromatic heterocycles. The molecule has 0 amide bonds. The summed E-state index contributed by atoms with van der Waals surface area (Å²) < 4.78 is 0. The summed E-state index contributed by atoms with van der Waals surface area (Å²) >= 11 is 0. The minimum atomic E-state index is -1.51. The minimum absolute atomic E-state index is 0.132. The van der Waals surface area contributed by atoms with Crippen LogP contribution in [0.25, 0.3) is 10.9 Å². The SMILES string of the molecule is O=c1[nH]c(N2CCN(c3ccc(B(O)O)cn3)CC2)nc2ccccc12. The summed E-state index contributed by atoms with van der Waals surface area (Å²) in [5.74, 6) is 1.37. The van der Waals surface area contributed by atoms with E-state index < -0.39 is 7.12 Å². The summed E-state index contributed by atoms with van der Waals surface area (Å²) in [6, 6.07) is 10.7. The van der Waals surface area contributed by atoms with E-state index in [1.807, 2.05) is 18.2 Å². The van der Waals surface area contributed by atoms with Crippen LogP contribution >= 0.6 is 0 Å². The van der Waals surface area contributed by atoms with Gasteiger partial charge in [0, 0.05) is 37.8 Å². The molecule has 3 heterocycles. The van der Waals surface area contributed by atoms with Gasteiger partial charge in [0.2, 0.25) is 5.95 Å². The summed E-state index contributed by atoms with van der Waals surface area (Å²) in [6.07, 6.45) is 1.47. The second-order valence-corrected chi connectivity index (χ2v) is 6.20. The van der Waals surface area contributed by atoms with Crippen molar-refractivity contribution in [2.75, 3.05) is 36.0 Å². The zero-order valence-corrected chi connectivity index (χ0v) is 14.0. The van der Waals surface area contributed by atoms with Crippen LogP contribution in [0.5, 0.6) is 0 Å². The number of fused-ring (bicyclic) bond motifs is 1. The third-order valence-electron chi connectivity index (χ3n) is 4.57. The summed E-state index contributed by atoms with van der Waals surface area (Å²) in [5.41, 5.74) is 0.923. The molecule has 1 saturated heterocycles. The molecule has 0 saturated carbocycles. The predicted molar refractivity (Wildman–Crippen MR) is 101 cm³/mol. The van der Waals surface area contributed by atoms with Crippen molar-refractivity contribution in [3.05, 3.63) is 52.9 Å². The smallest absolute Gasteiger partial charge is 0.423 e. The van der Waals surface area contributed by atoms with Gasteiger partial charge in [-0.05, 0) is 18.2 Å². The molecule has 0 radical (unpaired) electrons.